The van der Waals surface area contributed by atoms with Crippen LogP contribution in [0.25, 0.3) is 0 Å². The lowest BCUT2D eigenvalue weighted by Crippen LogP contribution is -2.49. The van der Waals surface area contributed by atoms with Gasteiger partial charge in [-0.1, -0.05) is 26.0 Å². The van der Waals surface area contributed by atoms with Gasteiger partial charge >= 0.3 is 0 Å². The summed E-state index contributed by atoms with van der Waals surface area (Å²) in [5, 5.41) is 9.97. The molecule has 0 aliphatic carbocycles. The lowest BCUT2D eigenvalue weighted by atomic mass is 10.1. The highest BCUT2D eigenvalue weighted by atomic mass is 16.5. The number of anilines is 1. The minimum Gasteiger partial charge on any atom is -0.495 e. The maximum atomic E-state index is 9.97. The minimum atomic E-state index is -0.229. The molecule has 4 heteroatoms. The summed E-state index contributed by atoms with van der Waals surface area (Å²) in [5.41, 5.74) is 1.17. The minimum absolute atomic E-state index is 0.229. The first-order chi connectivity index (χ1) is 9.61. The van der Waals surface area contributed by atoms with E-state index in [1.165, 1.54) is 5.69 Å². The van der Waals surface area contributed by atoms with E-state index in [2.05, 4.69) is 29.7 Å². The first-order valence-corrected chi connectivity index (χ1v) is 7.40. The Morgan fingerprint density at radius 3 is 2.40 bits per heavy atom. The van der Waals surface area contributed by atoms with Gasteiger partial charge in [0.25, 0.3) is 0 Å². The molecule has 1 N–H and O–H groups in total. The Labute approximate surface area is 122 Å². The number of hydrogen-bond acceptors (Lipinski definition) is 4. The van der Waals surface area contributed by atoms with Crippen molar-refractivity contribution < 1.29 is 9.84 Å². The van der Waals surface area contributed by atoms with Crippen molar-refractivity contribution in [2.24, 2.45) is 5.92 Å². The fourth-order valence-electron chi connectivity index (χ4n) is 2.54. The quantitative estimate of drug-likeness (QED) is 0.891. The van der Waals surface area contributed by atoms with Crippen LogP contribution in [0.5, 0.6) is 5.75 Å². The van der Waals surface area contributed by atoms with Gasteiger partial charge in [0.2, 0.25) is 0 Å². The van der Waals surface area contributed by atoms with Crippen LogP contribution in [0.1, 0.15) is 13.8 Å². The molecule has 0 radical (unpaired) electrons. The zero-order valence-corrected chi connectivity index (χ0v) is 12.7. The second-order valence-corrected chi connectivity index (χ2v) is 5.77. The van der Waals surface area contributed by atoms with E-state index in [1.54, 1.807) is 7.11 Å². The summed E-state index contributed by atoms with van der Waals surface area (Å²) in [6.45, 7) is 8.84. The number of aliphatic hydroxyl groups is 1. The van der Waals surface area contributed by atoms with Crippen LogP contribution in [-0.2, 0) is 0 Å². The van der Waals surface area contributed by atoms with E-state index in [9.17, 15) is 5.11 Å². The number of ether oxygens (including phenoxy) is 1. The summed E-state index contributed by atoms with van der Waals surface area (Å²) >= 11 is 0. The second-order valence-electron chi connectivity index (χ2n) is 5.77. The van der Waals surface area contributed by atoms with Crippen molar-refractivity contribution in [1.29, 1.82) is 0 Å². The summed E-state index contributed by atoms with van der Waals surface area (Å²) in [4.78, 5) is 4.70. The third-order valence-corrected chi connectivity index (χ3v) is 4.01. The molecule has 1 fully saturated rings. The van der Waals surface area contributed by atoms with E-state index in [1.807, 2.05) is 18.2 Å². The number of rotatable bonds is 5. The Bertz CT molecular complexity index is 415. The highest BCUT2D eigenvalue weighted by Gasteiger charge is 2.22. The molecule has 0 saturated carbocycles. The Balaban J connectivity index is 1.91. The molecule has 1 aromatic carbocycles. The molecule has 1 saturated heterocycles. The number of nitrogens with zero attached hydrogens (tertiary/aromatic N) is 2. The van der Waals surface area contributed by atoms with Crippen LogP contribution in [0.2, 0.25) is 0 Å². The van der Waals surface area contributed by atoms with Crippen LogP contribution in [0.4, 0.5) is 5.69 Å². The van der Waals surface area contributed by atoms with Crippen LogP contribution in [0, 0.1) is 5.92 Å². The monoisotopic (exact) mass is 278 g/mol. The molecule has 1 aliphatic rings. The summed E-state index contributed by atoms with van der Waals surface area (Å²) in [6.07, 6.45) is -0.229. The van der Waals surface area contributed by atoms with Crippen molar-refractivity contribution in [3.05, 3.63) is 24.3 Å². The maximum Gasteiger partial charge on any atom is 0.142 e. The smallest absolute Gasteiger partial charge is 0.142 e. The summed E-state index contributed by atoms with van der Waals surface area (Å²) in [5.74, 6) is 1.26. The molecule has 1 aromatic rings. The molecule has 4 nitrogen and oxygen atoms in total. The van der Waals surface area contributed by atoms with Crippen LogP contribution in [0.3, 0.4) is 0 Å². The number of para-hydroxylation sites is 2. The Hall–Kier alpha value is -1.26. The standard InChI is InChI=1S/C16H26N2O2/c1-13(2)15(19)12-17-8-10-18(11-9-17)14-6-4-5-7-16(14)20-3/h4-7,13,15,19H,8-12H2,1-3H3. The van der Waals surface area contributed by atoms with Gasteiger partial charge in [0.1, 0.15) is 5.75 Å². The van der Waals surface area contributed by atoms with Crippen molar-refractivity contribution in [3.8, 4) is 5.75 Å². The van der Waals surface area contributed by atoms with Crippen LogP contribution >= 0.6 is 0 Å². The van der Waals surface area contributed by atoms with E-state index >= 15 is 0 Å². The zero-order chi connectivity index (χ0) is 14.5. The molecule has 1 aliphatic heterocycles. The normalized spacial score (nSPS) is 18.4. The molecular weight excluding hydrogens is 252 g/mol. The third kappa shape index (κ3) is 3.64. The van der Waals surface area contributed by atoms with Crippen molar-refractivity contribution in [2.45, 2.75) is 20.0 Å². The Morgan fingerprint density at radius 2 is 1.80 bits per heavy atom. The molecule has 2 rings (SSSR count). The molecule has 0 bridgehead atoms. The fourth-order valence-corrected chi connectivity index (χ4v) is 2.54. The average molecular weight is 278 g/mol. The topological polar surface area (TPSA) is 35.9 Å². The highest BCUT2D eigenvalue weighted by molar-refractivity contribution is 5.58. The van der Waals surface area contributed by atoms with Crippen molar-refractivity contribution in [1.82, 2.24) is 4.90 Å². The Morgan fingerprint density at radius 1 is 1.15 bits per heavy atom. The SMILES string of the molecule is COc1ccccc1N1CCN(CC(O)C(C)C)CC1. The zero-order valence-electron chi connectivity index (χ0n) is 12.7. The van der Waals surface area contributed by atoms with E-state index in [0.29, 0.717) is 5.92 Å². The Kier molecular flexibility index (Phi) is 5.26. The summed E-state index contributed by atoms with van der Waals surface area (Å²) in [7, 11) is 1.72. The predicted octanol–water partition coefficient (Wildman–Crippen LogP) is 1.83. The fraction of sp³-hybridized carbons (Fsp3) is 0.625. The van der Waals surface area contributed by atoms with Crippen molar-refractivity contribution in [2.75, 3.05) is 44.7 Å². The number of benzene rings is 1. The highest BCUT2D eigenvalue weighted by Crippen LogP contribution is 2.28. The van der Waals surface area contributed by atoms with Crippen molar-refractivity contribution >= 4 is 5.69 Å². The van der Waals surface area contributed by atoms with Gasteiger partial charge in [0, 0.05) is 32.7 Å². The van der Waals surface area contributed by atoms with Crippen LogP contribution in [-0.4, -0.2) is 55.9 Å². The van der Waals surface area contributed by atoms with E-state index in [4.69, 9.17) is 4.74 Å². The van der Waals surface area contributed by atoms with Gasteiger partial charge in [-0.05, 0) is 18.1 Å². The molecule has 112 valence electrons. The van der Waals surface area contributed by atoms with E-state index < -0.39 is 0 Å². The predicted molar refractivity (Wildman–Crippen MR) is 82.5 cm³/mol. The lowest BCUT2D eigenvalue weighted by Gasteiger charge is -2.37. The number of hydrogen-bond donors (Lipinski definition) is 1. The number of aliphatic hydroxyl groups excluding tert-OH is 1. The van der Waals surface area contributed by atoms with E-state index in [0.717, 1.165) is 38.5 Å². The first kappa shape index (κ1) is 15.1. The average Bonchev–Trinajstić information content (AvgIpc) is 2.48. The molecule has 1 unspecified atom stereocenters. The lowest BCUT2D eigenvalue weighted by molar-refractivity contribution is 0.0739. The third-order valence-electron chi connectivity index (χ3n) is 4.01. The van der Waals surface area contributed by atoms with Gasteiger partial charge in [0.05, 0.1) is 18.9 Å². The second kappa shape index (κ2) is 6.95. The summed E-state index contributed by atoms with van der Waals surface area (Å²) < 4.78 is 5.43. The van der Waals surface area contributed by atoms with Crippen LogP contribution < -0.4 is 9.64 Å². The van der Waals surface area contributed by atoms with Crippen molar-refractivity contribution in [3.63, 3.8) is 0 Å². The van der Waals surface area contributed by atoms with Gasteiger partial charge in [-0.3, -0.25) is 4.90 Å². The van der Waals surface area contributed by atoms with Gasteiger partial charge in [-0.2, -0.15) is 0 Å². The molecule has 0 amide bonds. The molecule has 1 atom stereocenters. The van der Waals surface area contributed by atoms with E-state index in [-0.39, 0.29) is 6.10 Å². The molecule has 0 spiro atoms. The summed E-state index contributed by atoms with van der Waals surface area (Å²) in [6, 6.07) is 8.16. The van der Waals surface area contributed by atoms with Gasteiger partial charge in [-0.25, -0.2) is 0 Å². The van der Waals surface area contributed by atoms with Gasteiger partial charge in [-0.15, -0.1) is 0 Å². The van der Waals surface area contributed by atoms with Gasteiger partial charge in [0.15, 0.2) is 0 Å². The number of methoxy groups -OCH3 is 1. The number of piperazine rings is 1. The molecule has 20 heavy (non-hydrogen) atoms. The number of β-amino-alcohol motifs (C(OH)–C–C–N with tert-alkyl or cyclic N) is 1. The molecule has 0 aromatic heterocycles. The van der Waals surface area contributed by atoms with Crippen LogP contribution in [0.15, 0.2) is 24.3 Å². The molecule has 1 heterocycles. The largest absolute Gasteiger partial charge is 0.495 e. The van der Waals surface area contributed by atoms with Gasteiger partial charge < -0.3 is 14.7 Å². The molecular formula is C16H26N2O2. The first-order valence-electron chi connectivity index (χ1n) is 7.40. The maximum absolute atomic E-state index is 9.97.